The monoisotopic (exact) mass is 294 g/mol. The van der Waals surface area contributed by atoms with Crippen LogP contribution in [0.5, 0.6) is 0 Å². The van der Waals surface area contributed by atoms with Crippen LogP contribution in [0.2, 0.25) is 0 Å². The summed E-state index contributed by atoms with van der Waals surface area (Å²) in [7, 11) is 0. The topological polar surface area (TPSA) is 34.1 Å². The van der Waals surface area contributed by atoms with Crippen LogP contribution in [-0.4, -0.2) is 10.5 Å². The summed E-state index contributed by atoms with van der Waals surface area (Å²) in [6.07, 6.45) is 0. The lowest BCUT2D eigenvalue weighted by atomic mass is 10.2. The second-order valence-electron chi connectivity index (χ2n) is 3.78. The van der Waals surface area contributed by atoms with Gasteiger partial charge >= 0.3 is 0 Å². The Morgan fingerprint density at radius 3 is 1.32 bits per heavy atom. The molecule has 4 heteroatoms. The third-order valence-electron chi connectivity index (χ3n) is 2.28. The third-order valence-corrected chi connectivity index (χ3v) is 2.72. The molecule has 0 amide bonds. The molecule has 0 N–H and O–H groups in total. The molecule has 2 aromatic rings. The molecule has 0 heterocycles. The minimum absolute atomic E-state index is 0.346. The van der Waals surface area contributed by atoms with Gasteiger partial charge in [0.05, 0.1) is 0 Å². The van der Waals surface area contributed by atoms with E-state index in [4.69, 9.17) is 23.2 Å². The molecule has 2 rings (SSSR count). The fraction of sp³-hybridized carbons (Fsp3) is 0.0667. The second-order valence-corrected chi connectivity index (χ2v) is 4.47. The summed E-state index contributed by atoms with van der Waals surface area (Å²) in [5.41, 5.74) is 2.01. The van der Waals surface area contributed by atoms with Gasteiger partial charge in [-0.15, -0.1) is 0 Å². The van der Waals surface area contributed by atoms with Gasteiger partial charge in [0, 0.05) is 11.1 Å². The lowest BCUT2D eigenvalue weighted by Gasteiger charge is -1.94. The number of benzene rings is 2. The van der Waals surface area contributed by atoms with Crippen LogP contribution < -0.4 is 0 Å². The Bertz CT molecular complexity index is 515. The van der Waals surface area contributed by atoms with E-state index < -0.39 is 10.5 Å². The van der Waals surface area contributed by atoms with E-state index in [0.717, 1.165) is 0 Å². The number of aryl methyl sites for hydroxylation is 1. The molecule has 0 saturated carbocycles. The van der Waals surface area contributed by atoms with E-state index in [-0.39, 0.29) is 0 Å². The molecule has 0 spiro atoms. The molecule has 0 fully saturated rings. The Morgan fingerprint density at radius 1 is 0.737 bits per heavy atom. The zero-order valence-electron chi connectivity index (χ0n) is 10.3. The molecule has 2 nitrogen and oxygen atoms in total. The van der Waals surface area contributed by atoms with Gasteiger partial charge in [0.2, 0.25) is 0 Å². The highest BCUT2D eigenvalue weighted by atomic mass is 35.5. The maximum Gasteiger partial charge on any atom is 0.252 e. The Hall–Kier alpha value is -1.64. The van der Waals surface area contributed by atoms with Crippen LogP contribution in [0.3, 0.4) is 0 Å². The predicted octanol–water partition coefficient (Wildman–Crippen LogP) is 4.44. The quantitative estimate of drug-likeness (QED) is 0.767. The molecule has 98 valence electrons. The standard InChI is InChI=1S/C8H4Cl2O2.C7H8/c9-7(11)5-1-2-6(4-3-5)8(10)12;1-7-5-3-2-4-6-7/h1-4H;2-6H,1H3. The van der Waals surface area contributed by atoms with Gasteiger partial charge in [0.25, 0.3) is 10.5 Å². The summed E-state index contributed by atoms with van der Waals surface area (Å²) in [6, 6.07) is 16.1. The fourth-order valence-corrected chi connectivity index (χ4v) is 1.52. The lowest BCUT2D eigenvalue weighted by Crippen LogP contribution is -1.92. The zero-order chi connectivity index (χ0) is 14.3. The summed E-state index contributed by atoms with van der Waals surface area (Å²) in [6.45, 7) is 2.08. The number of carbonyl (C=O) groups excluding carboxylic acids is 2. The molecule has 0 unspecified atom stereocenters. The molecular weight excluding hydrogens is 283 g/mol. The van der Waals surface area contributed by atoms with Crippen LogP contribution in [0, 0.1) is 6.92 Å². The number of rotatable bonds is 2. The van der Waals surface area contributed by atoms with Gasteiger partial charge in [-0.25, -0.2) is 0 Å². The average Bonchev–Trinajstić information content (AvgIpc) is 2.40. The van der Waals surface area contributed by atoms with Crippen LogP contribution >= 0.6 is 23.2 Å². The molecule has 0 radical (unpaired) electrons. The van der Waals surface area contributed by atoms with Crippen molar-refractivity contribution >= 4 is 33.7 Å². The van der Waals surface area contributed by atoms with Crippen LogP contribution in [0.15, 0.2) is 54.6 Å². The molecule has 2 aromatic carbocycles. The van der Waals surface area contributed by atoms with Crippen molar-refractivity contribution in [3.63, 3.8) is 0 Å². The van der Waals surface area contributed by atoms with E-state index >= 15 is 0 Å². The number of carbonyl (C=O) groups is 2. The SMILES string of the molecule is Cc1ccccc1.O=C(Cl)c1ccc(C(=O)Cl)cc1. The molecule has 0 aliphatic carbocycles. The van der Waals surface area contributed by atoms with Crippen molar-refractivity contribution < 1.29 is 9.59 Å². The van der Waals surface area contributed by atoms with Gasteiger partial charge in [-0.05, 0) is 54.4 Å². The minimum atomic E-state index is -0.552. The van der Waals surface area contributed by atoms with Gasteiger partial charge in [-0.3, -0.25) is 9.59 Å². The van der Waals surface area contributed by atoms with Crippen molar-refractivity contribution in [2.75, 3.05) is 0 Å². The van der Waals surface area contributed by atoms with Crippen LogP contribution in [0.25, 0.3) is 0 Å². The first-order chi connectivity index (χ1) is 9.00. The van der Waals surface area contributed by atoms with Gasteiger partial charge < -0.3 is 0 Å². The van der Waals surface area contributed by atoms with E-state index in [1.807, 2.05) is 18.2 Å². The van der Waals surface area contributed by atoms with E-state index in [2.05, 4.69) is 19.1 Å². The summed E-state index contributed by atoms with van der Waals surface area (Å²) in [5, 5.41) is -1.10. The first-order valence-corrected chi connectivity index (χ1v) is 6.27. The Morgan fingerprint density at radius 2 is 1.11 bits per heavy atom. The molecule has 0 aliphatic rings. The largest absolute Gasteiger partial charge is 0.276 e. The van der Waals surface area contributed by atoms with Crippen molar-refractivity contribution in [1.82, 2.24) is 0 Å². The summed E-state index contributed by atoms with van der Waals surface area (Å²) in [5.74, 6) is 0. The van der Waals surface area contributed by atoms with E-state index in [0.29, 0.717) is 11.1 Å². The molecule has 0 aromatic heterocycles. The molecular formula is C15H12Cl2O2. The maximum atomic E-state index is 10.6. The van der Waals surface area contributed by atoms with Gasteiger partial charge in [-0.2, -0.15) is 0 Å². The second kappa shape index (κ2) is 7.72. The normalized spacial score (nSPS) is 9.21. The van der Waals surface area contributed by atoms with Gasteiger partial charge in [0.1, 0.15) is 0 Å². The molecule has 0 aliphatic heterocycles. The van der Waals surface area contributed by atoms with Gasteiger partial charge in [0.15, 0.2) is 0 Å². The first-order valence-electron chi connectivity index (χ1n) is 5.52. The number of hydrogen-bond donors (Lipinski definition) is 0. The highest BCUT2D eigenvalue weighted by Gasteiger charge is 2.03. The zero-order valence-corrected chi connectivity index (χ0v) is 11.8. The summed E-state index contributed by atoms with van der Waals surface area (Å²) < 4.78 is 0. The molecule has 0 bridgehead atoms. The van der Waals surface area contributed by atoms with Crippen LogP contribution in [0.4, 0.5) is 0 Å². The number of hydrogen-bond acceptors (Lipinski definition) is 2. The molecule has 0 saturated heterocycles. The van der Waals surface area contributed by atoms with Crippen molar-refractivity contribution in [3.05, 3.63) is 71.3 Å². The smallest absolute Gasteiger partial charge is 0.252 e. The highest BCUT2D eigenvalue weighted by molar-refractivity contribution is 6.68. The van der Waals surface area contributed by atoms with E-state index in [9.17, 15) is 9.59 Å². The lowest BCUT2D eigenvalue weighted by molar-refractivity contribution is 0.107. The Labute approximate surface area is 122 Å². The minimum Gasteiger partial charge on any atom is -0.276 e. The molecule has 19 heavy (non-hydrogen) atoms. The van der Waals surface area contributed by atoms with Crippen LogP contribution in [-0.2, 0) is 0 Å². The van der Waals surface area contributed by atoms with E-state index in [1.165, 1.54) is 29.8 Å². The van der Waals surface area contributed by atoms with E-state index in [1.54, 1.807) is 0 Å². The van der Waals surface area contributed by atoms with Crippen molar-refractivity contribution in [1.29, 1.82) is 0 Å². The molecule has 0 atom stereocenters. The van der Waals surface area contributed by atoms with Gasteiger partial charge in [-0.1, -0.05) is 35.9 Å². The summed E-state index contributed by atoms with van der Waals surface area (Å²) >= 11 is 10.4. The summed E-state index contributed by atoms with van der Waals surface area (Å²) in [4.78, 5) is 21.1. The van der Waals surface area contributed by atoms with Crippen molar-refractivity contribution in [2.45, 2.75) is 6.92 Å². The Balaban J connectivity index is 0.000000218. The van der Waals surface area contributed by atoms with Crippen molar-refractivity contribution in [3.8, 4) is 0 Å². The maximum absolute atomic E-state index is 10.6. The third kappa shape index (κ3) is 5.69. The average molecular weight is 295 g/mol. The van der Waals surface area contributed by atoms with Crippen LogP contribution in [0.1, 0.15) is 26.3 Å². The Kier molecular flexibility index (Phi) is 6.26. The highest BCUT2D eigenvalue weighted by Crippen LogP contribution is 2.08. The fourth-order valence-electron chi connectivity index (χ4n) is 1.27. The first kappa shape index (κ1) is 15.4. The predicted molar refractivity (Wildman–Crippen MR) is 78.0 cm³/mol. The number of halogens is 2. The van der Waals surface area contributed by atoms with Crippen molar-refractivity contribution in [2.24, 2.45) is 0 Å².